The fourth-order valence-electron chi connectivity index (χ4n) is 0.975. The van der Waals surface area contributed by atoms with Crippen molar-refractivity contribution in [2.45, 2.75) is 32.8 Å². The first-order chi connectivity index (χ1) is 6.88. The molecule has 0 fully saturated rings. The Morgan fingerprint density at radius 2 is 1.87 bits per heavy atom. The van der Waals surface area contributed by atoms with Crippen molar-refractivity contribution < 1.29 is 14.6 Å². The van der Waals surface area contributed by atoms with Crippen LogP contribution in [0.5, 0.6) is 5.75 Å². The third-order valence-electron chi connectivity index (χ3n) is 1.52. The number of aliphatic hydroxyl groups excluding tert-OH is 1. The molecular formula is C11H15IO3. The summed E-state index contributed by atoms with van der Waals surface area (Å²) in [7, 11) is 0. The standard InChI is InChI=1S/C11H15IO3/c1-11(2,3)15-10(13)14-9-7-5-4-6-8(9)12/h4-7,10,13H,1-3H3. The second kappa shape index (κ2) is 5.14. The van der Waals surface area contributed by atoms with Crippen molar-refractivity contribution >= 4 is 22.6 Å². The van der Waals surface area contributed by atoms with Gasteiger partial charge in [-0.25, -0.2) is 0 Å². The van der Waals surface area contributed by atoms with Gasteiger partial charge in [0.2, 0.25) is 0 Å². The molecule has 1 N–H and O–H groups in total. The van der Waals surface area contributed by atoms with E-state index in [-0.39, 0.29) is 0 Å². The first-order valence-corrected chi connectivity index (χ1v) is 5.73. The van der Waals surface area contributed by atoms with Crippen LogP contribution in [-0.2, 0) is 4.74 Å². The van der Waals surface area contributed by atoms with Crippen LogP contribution in [0.4, 0.5) is 0 Å². The number of para-hydroxylation sites is 1. The lowest BCUT2D eigenvalue weighted by molar-refractivity contribution is -0.259. The lowest BCUT2D eigenvalue weighted by Crippen LogP contribution is -2.31. The van der Waals surface area contributed by atoms with Crippen LogP contribution in [0.25, 0.3) is 0 Å². The third kappa shape index (κ3) is 4.81. The molecule has 0 heterocycles. The molecular weight excluding hydrogens is 307 g/mol. The van der Waals surface area contributed by atoms with Gasteiger partial charge in [-0.15, -0.1) is 0 Å². The minimum absolute atomic E-state index is 0.431. The minimum atomic E-state index is -1.24. The van der Waals surface area contributed by atoms with Crippen molar-refractivity contribution in [2.75, 3.05) is 0 Å². The van der Waals surface area contributed by atoms with Crippen LogP contribution in [0.3, 0.4) is 0 Å². The van der Waals surface area contributed by atoms with Gasteiger partial charge in [-0.1, -0.05) is 12.1 Å². The van der Waals surface area contributed by atoms with Crippen molar-refractivity contribution in [3.63, 3.8) is 0 Å². The van der Waals surface area contributed by atoms with Crippen molar-refractivity contribution in [3.8, 4) is 5.75 Å². The summed E-state index contributed by atoms with van der Waals surface area (Å²) in [6.07, 6.45) is 0. The molecule has 0 spiro atoms. The van der Waals surface area contributed by atoms with E-state index < -0.39 is 12.1 Å². The molecule has 0 aliphatic rings. The van der Waals surface area contributed by atoms with Crippen molar-refractivity contribution in [1.82, 2.24) is 0 Å². The average molecular weight is 322 g/mol. The van der Waals surface area contributed by atoms with E-state index in [0.29, 0.717) is 5.75 Å². The summed E-state index contributed by atoms with van der Waals surface area (Å²) < 4.78 is 11.4. The highest BCUT2D eigenvalue weighted by molar-refractivity contribution is 14.1. The van der Waals surface area contributed by atoms with Gasteiger partial charge in [0.1, 0.15) is 5.75 Å². The van der Waals surface area contributed by atoms with Crippen LogP contribution in [0.1, 0.15) is 20.8 Å². The van der Waals surface area contributed by atoms with Gasteiger partial charge in [-0.3, -0.25) is 0 Å². The summed E-state index contributed by atoms with van der Waals surface area (Å²) in [5.41, 5.74) is -0.431. The maximum absolute atomic E-state index is 9.51. The quantitative estimate of drug-likeness (QED) is 0.687. The first kappa shape index (κ1) is 12.7. The van der Waals surface area contributed by atoms with Crippen molar-refractivity contribution in [2.24, 2.45) is 0 Å². The fraction of sp³-hybridized carbons (Fsp3) is 0.455. The molecule has 0 aliphatic carbocycles. The number of hydrogen-bond donors (Lipinski definition) is 1. The minimum Gasteiger partial charge on any atom is -0.440 e. The predicted molar refractivity (Wildman–Crippen MR) is 66.6 cm³/mol. The summed E-state index contributed by atoms with van der Waals surface area (Å²) in [4.78, 5) is 0. The molecule has 1 rings (SSSR count). The zero-order valence-corrected chi connectivity index (χ0v) is 11.2. The van der Waals surface area contributed by atoms with Gasteiger partial charge in [0.05, 0.1) is 9.17 Å². The highest BCUT2D eigenvalue weighted by Crippen LogP contribution is 2.21. The Morgan fingerprint density at radius 3 is 2.40 bits per heavy atom. The van der Waals surface area contributed by atoms with Gasteiger partial charge in [-0.2, -0.15) is 0 Å². The smallest absolute Gasteiger partial charge is 0.313 e. The average Bonchev–Trinajstić information content (AvgIpc) is 2.05. The number of rotatable bonds is 3. The summed E-state index contributed by atoms with van der Waals surface area (Å²) >= 11 is 2.14. The number of halogens is 1. The second-order valence-corrected chi connectivity index (χ2v) is 5.25. The van der Waals surface area contributed by atoms with E-state index in [4.69, 9.17) is 9.47 Å². The van der Waals surface area contributed by atoms with E-state index in [2.05, 4.69) is 22.6 Å². The Balaban J connectivity index is 2.59. The SMILES string of the molecule is CC(C)(C)OC(O)Oc1ccccc1I. The van der Waals surface area contributed by atoms with Gasteiger partial charge >= 0.3 is 6.48 Å². The van der Waals surface area contributed by atoms with Crippen molar-refractivity contribution in [3.05, 3.63) is 27.8 Å². The summed E-state index contributed by atoms with van der Waals surface area (Å²) in [6, 6.07) is 7.45. The lowest BCUT2D eigenvalue weighted by Gasteiger charge is -2.24. The molecule has 1 atom stereocenters. The van der Waals surface area contributed by atoms with Gasteiger partial charge in [-0.05, 0) is 55.5 Å². The summed E-state index contributed by atoms with van der Waals surface area (Å²) in [5, 5.41) is 9.51. The van der Waals surface area contributed by atoms with Crippen LogP contribution in [-0.4, -0.2) is 17.2 Å². The number of aliphatic hydroxyl groups is 1. The fourth-order valence-corrected chi connectivity index (χ4v) is 1.49. The van der Waals surface area contributed by atoms with Crippen LogP contribution >= 0.6 is 22.6 Å². The molecule has 3 nitrogen and oxygen atoms in total. The Morgan fingerprint density at radius 1 is 1.27 bits per heavy atom. The van der Waals surface area contributed by atoms with E-state index >= 15 is 0 Å². The summed E-state index contributed by atoms with van der Waals surface area (Å²) in [6.45, 7) is 4.33. The maximum atomic E-state index is 9.51. The molecule has 15 heavy (non-hydrogen) atoms. The third-order valence-corrected chi connectivity index (χ3v) is 2.41. The Kier molecular flexibility index (Phi) is 4.36. The van der Waals surface area contributed by atoms with E-state index in [1.165, 1.54) is 0 Å². The molecule has 0 saturated heterocycles. The van der Waals surface area contributed by atoms with Gasteiger partial charge in [0.15, 0.2) is 0 Å². The van der Waals surface area contributed by atoms with Gasteiger partial charge < -0.3 is 14.6 Å². The molecule has 0 aromatic heterocycles. The highest BCUT2D eigenvalue weighted by Gasteiger charge is 2.18. The van der Waals surface area contributed by atoms with Gasteiger partial charge in [0.25, 0.3) is 0 Å². The molecule has 1 aromatic carbocycles. The first-order valence-electron chi connectivity index (χ1n) is 4.65. The maximum Gasteiger partial charge on any atom is 0.313 e. The molecule has 0 amide bonds. The van der Waals surface area contributed by atoms with Crippen LogP contribution in [0, 0.1) is 3.57 Å². The van der Waals surface area contributed by atoms with E-state index in [1.807, 2.05) is 39.0 Å². The summed E-state index contributed by atoms with van der Waals surface area (Å²) in [5.74, 6) is 0.620. The number of benzene rings is 1. The lowest BCUT2D eigenvalue weighted by atomic mass is 10.2. The zero-order valence-electron chi connectivity index (χ0n) is 9.03. The van der Waals surface area contributed by atoms with Crippen LogP contribution < -0.4 is 4.74 Å². The van der Waals surface area contributed by atoms with Crippen LogP contribution in [0.2, 0.25) is 0 Å². The molecule has 0 aliphatic heterocycles. The Hall–Kier alpha value is -0.330. The number of ether oxygens (including phenoxy) is 2. The highest BCUT2D eigenvalue weighted by atomic mass is 127. The van der Waals surface area contributed by atoms with Gasteiger partial charge in [0, 0.05) is 0 Å². The normalized spacial score (nSPS) is 13.7. The predicted octanol–water partition coefficient (Wildman–Crippen LogP) is 2.76. The van der Waals surface area contributed by atoms with E-state index in [1.54, 1.807) is 6.07 Å². The molecule has 0 radical (unpaired) electrons. The molecule has 84 valence electrons. The molecule has 4 heteroatoms. The molecule has 0 bridgehead atoms. The molecule has 1 aromatic rings. The molecule has 0 saturated carbocycles. The largest absolute Gasteiger partial charge is 0.440 e. The van der Waals surface area contributed by atoms with E-state index in [9.17, 15) is 5.11 Å². The zero-order chi connectivity index (χ0) is 11.5. The second-order valence-electron chi connectivity index (χ2n) is 4.09. The monoisotopic (exact) mass is 322 g/mol. The van der Waals surface area contributed by atoms with Crippen LogP contribution in [0.15, 0.2) is 24.3 Å². The topological polar surface area (TPSA) is 38.7 Å². The number of hydrogen-bond acceptors (Lipinski definition) is 3. The van der Waals surface area contributed by atoms with E-state index in [0.717, 1.165) is 3.57 Å². The Labute approximate surface area is 104 Å². The van der Waals surface area contributed by atoms with Crippen molar-refractivity contribution in [1.29, 1.82) is 0 Å². The Bertz CT molecular complexity index is 320. The molecule has 1 unspecified atom stereocenters.